The molecule has 0 aromatic heterocycles. The van der Waals surface area contributed by atoms with Gasteiger partial charge in [0.15, 0.2) is 0 Å². The summed E-state index contributed by atoms with van der Waals surface area (Å²) in [6.07, 6.45) is 3.39. The first-order chi connectivity index (χ1) is 8.93. The summed E-state index contributed by atoms with van der Waals surface area (Å²) in [7, 11) is 2.18. The number of fused-ring (bicyclic) bond motifs is 1. The predicted octanol–water partition coefficient (Wildman–Crippen LogP) is 3.73. The Bertz CT molecular complexity index is 442. The molecule has 1 aliphatic rings. The summed E-state index contributed by atoms with van der Waals surface area (Å²) < 4.78 is 6.00. The third-order valence-corrected chi connectivity index (χ3v) is 3.82. The largest absolute Gasteiger partial charge is 0.508 e. The molecule has 0 saturated carbocycles. The van der Waals surface area contributed by atoms with E-state index in [1.807, 2.05) is 6.07 Å². The summed E-state index contributed by atoms with van der Waals surface area (Å²) in [5.74, 6) is 1.09. The minimum atomic E-state index is -0.189. The summed E-state index contributed by atoms with van der Waals surface area (Å²) in [5.41, 5.74) is 1.00. The van der Waals surface area contributed by atoms with Gasteiger partial charge in [-0.1, -0.05) is 19.4 Å². The molecule has 0 amide bonds. The molecular weight excluding hydrogens is 238 g/mol. The van der Waals surface area contributed by atoms with Crippen LogP contribution in [0.15, 0.2) is 18.2 Å². The van der Waals surface area contributed by atoms with Crippen LogP contribution in [-0.4, -0.2) is 29.2 Å². The van der Waals surface area contributed by atoms with E-state index in [2.05, 4.69) is 32.7 Å². The van der Waals surface area contributed by atoms with E-state index < -0.39 is 0 Å². The Balaban J connectivity index is 2.29. The molecule has 1 unspecified atom stereocenters. The fourth-order valence-electron chi connectivity index (χ4n) is 2.76. The number of phenols is 1. The molecule has 1 aliphatic heterocycles. The maximum absolute atomic E-state index is 9.63. The second kappa shape index (κ2) is 5.41. The predicted molar refractivity (Wildman–Crippen MR) is 77.7 cm³/mol. The number of ether oxygens (including phenoxy) is 1. The molecule has 1 aromatic rings. The molecule has 0 saturated heterocycles. The lowest BCUT2D eigenvalue weighted by atomic mass is 9.88. The van der Waals surface area contributed by atoms with Crippen molar-refractivity contribution < 1.29 is 9.84 Å². The van der Waals surface area contributed by atoms with Crippen molar-refractivity contribution in [3.63, 3.8) is 0 Å². The van der Waals surface area contributed by atoms with E-state index in [9.17, 15) is 5.11 Å². The SMILES string of the molecule is CCCCN(C)C1CC(C)(C)Oc2cc(O)ccc21. The van der Waals surface area contributed by atoms with Gasteiger partial charge in [0.1, 0.15) is 17.1 Å². The summed E-state index contributed by atoms with van der Waals surface area (Å²) >= 11 is 0. The van der Waals surface area contributed by atoms with Crippen molar-refractivity contribution in [1.82, 2.24) is 4.90 Å². The second-order valence-electron chi connectivity index (χ2n) is 6.14. The third-order valence-electron chi connectivity index (χ3n) is 3.82. The van der Waals surface area contributed by atoms with Crippen LogP contribution in [-0.2, 0) is 0 Å². The van der Waals surface area contributed by atoms with Gasteiger partial charge < -0.3 is 9.84 Å². The van der Waals surface area contributed by atoms with Gasteiger partial charge in [-0.15, -0.1) is 0 Å². The first-order valence-corrected chi connectivity index (χ1v) is 7.15. The molecule has 0 bridgehead atoms. The number of hydrogen-bond acceptors (Lipinski definition) is 3. The highest BCUT2D eigenvalue weighted by Crippen LogP contribution is 2.43. The number of benzene rings is 1. The van der Waals surface area contributed by atoms with Crippen molar-refractivity contribution >= 4 is 0 Å². The van der Waals surface area contributed by atoms with E-state index >= 15 is 0 Å². The molecule has 1 heterocycles. The highest BCUT2D eigenvalue weighted by molar-refractivity contribution is 5.44. The van der Waals surface area contributed by atoms with E-state index in [1.54, 1.807) is 12.1 Å². The van der Waals surface area contributed by atoms with Crippen molar-refractivity contribution in [2.75, 3.05) is 13.6 Å². The van der Waals surface area contributed by atoms with Crippen LogP contribution >= 0.6 is 0 Å². The Labute approximate surface area is 116 Å². The molecule has 106 valence electrons. The van der Waals surface area contributed by atoms with E-state index in [1.165, 1.54) is 18.4 Å². The lowest BCUT2D eigenvalue weighted by Gasteiger charge is -2.41. The van der Waals surface area contributed by atoms with Gasteiger partial charge in [0, 0.05) is 24.1 Å². The van der Waals surface area contributed by atoms with Gasteiger partial charge in [0.2, 0.25) is 0 Å². The van der Waals surface area contributed by atoms with Crippen molar-refractivity contribution in [2.45, 2.75) is 51.7 Å². The van der Waals surface area contributed by atoms with Gasteiger partial charge in [-0.05, 0) is 39.9 Å². The summed E-state index contributed by atoms with van der Waals surface area (Å²) in [4.78, 5) is 2.41. The van der Waals surface area contributed by atoms with Crippen LogP contribution < -0.4 is 4.74 Å². The zero-order valence-electron chi connectivity index (χ0n) is 12.4. The van der Waals surface area contributed by atoms with Gasteiger partial charge in [0.25, 0.3) is 0 Å². The molecule has 0 radical (unpaired) electrons. The van der Waals surface area contributed by atoms with Gasteiger partial charge in [0.05, 0.1) is 0 Å². The van der Waals surface area contributed by atoms with Gasteiger partial charge >= 0.3 is 0 Å². The van der Waals surface area contributed by atoms with Crippen molar-refractivity contribution in [2.24, 2.45) is 0 Å². The van der Waals surface area contributed by atoms with Crippen LogP contribution in [0.4, 0.5) is 0 Å². The first kappa shape index (κ1) is 14.2. The fraction of sp³-hybridized carbons (Fsp3) is 0.625. The molecular formula is C16H25NO2. The standard InChI is InChI=1S/C16H25NO2/c1-5-6-9-17(4)14-11-16(2,3)19-15-10-12(18)7-8-13(14)15/h7-8,10,14,18H,5-6,9,11H2,1-4H3. The maximum Gasteiger partial charge on any atom is 0.128 e. The highest BCUT2D eigenvalue weighted by Gasteiger charge is 2.35. The van der Waals surface area contributed by atoms with E-state index in [0.29, 0.717) is 6.04 Å². The van der Waals surface area contributed by atoms with Crippen LogP contribution in [0.5, 0.6) is 11.5 Å². The lowest BCUT2D eigenvalue weighted by Crippen LogP contribution is -2.40. The molecule has 3 nitrogen and oxygen atoms in total. The van der Waals surface area contributed by atoms with Crippen LogP contribution in [0.25, 0.3) is 0 Å². The topological polar surface area (TPSA) is 32.7 Å². The maximum atomic E-state index is 9.63. The van der Waals surface area contributed by atoms with Crippen molar-refractivity contribution in [1.29, 1.82) is 0 Å². The number of phenolic OH excluding ortho intramolecular Hbond substituents is 1. The number of rotatable bonds is 4. The Morgan fingerprint density at radius 2 is 2.16 bits per heavy atom. The Morgan fingerprint density at radius 3 is 2.84 bits per heavy atom. The summed E-state index contributed by atoms with van der Waals surface area (Å²) in [5, 5.41) is 9.63. The van der Waals surface area contributed by atoms with Gasteiger partial charge in [-0.25, -0.2) is 0 Å². The zero-order chi connectivity index (χ0) is 14.0. The lowest BCUT2D eigenvalue weighted by molar-refractivity contribution is 0.0368. The minimum absolute atomic E-state index is 0.189. The molecule has 1 atom stereocenters. The van der Waals surface area contributed by atoms with Gasteiger partial charge in [-0.3, -0.25) is 4.90 Å². The third kappa shape index (κ3) is 3.21. The average Bonchev–Trinajstić information content (AvgIpc) is 2.33. The van der Waals surface area contributed by atoms with Crippen molar-refractivity contribution in [3.8, 4) is 11.5 Å². The molecule has 0 spiro atoms. The Kier molecular flexibility index (Phi) is 4.04. The molecule has 2 rings (SSSR count). The average molecular weight is 263 g/mol. The van der Waals surface area contributed by atoms with Crippen LogP contribution in [0.1, 0.15) is 51.6 Å². The number of hydrogen-bond donors (Lipinski definition) is 1. The smallest absolute Gasteiger partial charge is 0.128 e. The number of aromatic hydroxyl groups is 1. The van der Waals surface area contributed by atoms with E-state index in [-0.39, 0.29) is 11.4 Å². The fourth-order valence-corrected chi connectivity index (χ4v) is 2.76. The molecule has 1 N–H and O–H groups in total. The minimum Gasteiger partial charge on any atom is -0.508 e. The van der Waals surface area contributed by atoms with Crippen LogP contribution in [0.3, 0.4) is 0 Å². The highest BCUT2D eigenvalue weighted by atomic mass is 16.5. The second-order valence-corrected chi connectivity index (χ2v) is 6.14. The van der Waals surface area contributed by atoms with Crippen LogP contribution in [0, 0.1) is 0 Å². The molecule has 1 aromatic carbocycles. The Morgan fingerprint density at radius 1 is 1.42 bits per heavy atom. The quantitative estimate of drug-likeness (QED) is 0.898. The molecule has 0 fully saturated rings. The molecule has 0 aliphatic carbocycles. The summed E-state index contributed by atoms with van der Waals surface area (Å²) in [6, 6.07) is 5.84. The van der Waals surface area contributed by atoms with E-state index in [4.69, 9.17) is 4.74 Å². The van der Waals surface area contributed by atoms with Crippen LogP contribution in [0.2, 0.25) is 0 Å². The molecule has 19 heavy (non-hydrogen) atoms. The number of unbranched alkanes of at least 4 members (excludes halogenated alkanes) is 1. The Hall–Kier alpha value is -1.22. The summed E-state index contributed by atoms with van der Waals surface area (Å²) in [6.45, 7) is 7.53. The first-order valence-electron chi connectivity index (χ1n) is 7.15. The zero-order valence-corrected chi connectivity index (χ0v) is 12.4. The van der Waals surface area contributed by atoms with Gasteiger partial charge in [-0.2, -0.15) is 0 Å². The normalized spacial score (nSPS) is 21.0. The number of nitrogens with zero attached hydrogens (tertiary/aromatic N) is 1. The monoisotopic (exact) mass is 263 g/mol. The van der Waals surface area contributed by atoms with Crippen molar-refractivity contribution in [3.05, 3.63) is 23.8 Å². The molecule has 3 heteroatoms. The van der Waals surface area contributed by atoms with E-state index in [0.717, 1.165) is 18.7 Å².